The molecule has 1 heterocycles. The molecule has 1 aromatic carbocycles. The first-order valence-electron chi connectivity index (χ1n) is 9.68. The minimum Gasteiger partial charge on any atom is -0.349 e. The lowest BCUT2D eigenvalue weighted by Gasteiger charge is -2.22. The van der Waals surface area contributed by atoms with Gasteiger partial charge in [-0.3, -0.25) is 14.2 Å². The third-order valence-electron chi connectivity index (χ3n) is 5.17. The lowest BCUT2D eigenvalue weighted by molar-refractivity contribution is 0.0928. The lowest BCUT2D eigenvalue weighted by Crippen LogP contribution is -2.36. The molecule has 1 fully saturated rings. The van der Waals surface area contributed by atoms with Crippen molar-refractivity contribution in [3.8, 4) is 0 Å². The van der Waals surface area contributed by atoms with Gasteiger partial charge in [0.05, 0.1) is 10.9 Å². The number of aromatic nitrogens is 2. The summed E-state index contributed by atoms with van der Waals surface area (Å²) < 4.78 is 2.04. The Kier molecular flexibility index (Phi) is 6.25. The second kappa shape index (κ2) is 8.62. The molecule has 140 valence electrons. The predicted molar refractivity (Wildman–Crippen MR) is 107 cm³/mol. The first-order valence-corrected chi connectivity index (χ1v) is 10.1. The Morgan fingerprint density at radius 2 is 2.04 bits per heavy atom. The molecule has 0 atom stereocenters. The van der Waals surface area contributed by atoms with Gasteiger partial charge in [-0.15, -0.1) is 0 Å². The Balaban J connectivity index is 1.84. The van der Waals surface area contributed by atoms with Crippen molar-refractivity contribution in [2.24, 2.45) is 0 Å². The number of aromatic amines is 1. The molecule has 1 aromatic heterocycles. The van der Waals surface area contributed by atoms with Gasteiger partial charge in [0.15, 0.2) is 4.77 Å². The van der Waals surface area contributed by atoms with Crippen molar-refractivity contribution in [2.45, 2.75) is 70.9 Å². The number of fused-ring (bicyclic) bond motifs is 1. The molecule has 0 radical (unpaired) electrons. The maximum atomic E-state index is 12.7. The summed E-state index contributed by atoms with van der Waals surface area (Å²) in [6.07, 6.45) is 8.79. The van der Waals surface area contributed by atoms with Crippen LogP contribution in [0.15, 0.2) is 23.0 Å². The van der Waals surface area contributed by atoms with Crippen LogP contribution >= 0.6 is 12.2 Å². The van der Waals surface area contributed by atoms with Crippen molar-refractivity contribution in [1.82, 2.24) is 14.9 Å². The van der Waals surface area contributed by atoms with E-state index in [1.165, 1.54) is 19.3 Å². The second-order valence-electron chi connectivity index (χ2n) is 7.16. The summed E-state index contributed by atoms with van der Waals surface area (Å²) in [6, 6.07) is 5.46. The number of amides is 1. The molecule has 0 unspecified atom stereocenters. The van der Waals surface area contributed by atoms with E-state index in [1.54, 1.807) is 22.8 Å². The zero-order valence-corrected chi connectivity index (χ0v) is 16.2. The van der Waals surface area contributed by atoms with E-state index >= 15 is 0 Å². The highest BCUT2D eigenvalue weighted by Crippen LogP contribution is 2.18. The van der Waals surface area contributed by atoms with Crippen LogP contribution in [-0.4, -0.2) is 21.5 Å². The van der Waals surface area contributed by atoms with E-state index in [2.05, 4.69) is 17.2 Å². The molecule has 0 spiro atoms. The number of nitrogens with one attached hydrogen (secondary N) is 2. The first-order chi connectivity index (χ1) is 12.6. The number of carbonyl (C=O) groups is 1. The zero-order valence-electron chi connectivity index (χ0n) is 15.3. The third kappa shape index (κ3) is 4.23. The van der Waals surface area contributed by atoms with Crippen molar-refractivity contribution in [2.75, 3.05) is 0 Å². The fourth-order valence-corrected chi connectivity index (χ4v) is 3.92. The summed E-state index contributed by atoms with van der Waals surface area (Å²) in [7, 11) is 0. The van der Waals surface area contributed by atoms with Gasteiger partial charge in [0, 0.05) is 18.2 Å². The molecule has 0 bridgehead atoms. The van der Waals surface area contributed by atoms with Crippen molar-refractivity contribution in [1.29, 1.82) is 0 Å². The highest BCUT2D eigenvalue weighted by atomic mass is 32.1. The molecule has 0 saturated heterocycles. The molecule has 2 aromatic rings. The Hall–Kier alpha value is -1.95. The summed E-state index contributed by atoms with van der Waals surface area (Å²) in [5, 5.41) is 3.69. The SMILES string of the molecule is CCCCCn1c(=S)[nH]c2cc(C(=O)NC3CCCCC3)ccc2c1=O. The third-order valence-corrected chi connectivity index (χ3v) is 5.49. The number of nitrogens with zero attached hydrogens (tertiary/aromatic N) is 1. The maximum Gasteiger partial charge on any atom is 0.262 e. The number of hydrogen-bond acceptors (Lipinski definition) is 3. The fourth-order valence-electron chi connectivity index (χ4n) is 3.63. The van der Waals surface area contributed by atoms with Gasteiger partial charge in [-0.05, 0) is 49.7 Å². The highest BCUT2D eigenvalue weighted by molar-refractivity contribution is 7.71. The minimum atomic E-state index is -0.0842. The molecule has 0 aliphatic heterocycles. The Labute approximate surface area is 158 Å². The monoisotopic (exact) mass is 373 g/mol. The molecule has 1 aliphatic carbocycles. The average Bonchev–Trinajstić information content (AvgIpc) is 2.65. The Morgan fingerprint density at radius 1 is 1.27 bits per heavy atom. The van der Waals surface area contributed by atoms with Gasteiger partial charge in [0.2, 0.25) is 0 Å². The average molecular weight is 374 g/mol. The molecular weight excluding hydrogens is 346 g/mol. The zero-order chi connectivity index (χ0) is 18.5. The first kappa shape index (κ1) is 18.8. The molecule has 1 amide bonds. The number of H-pyrrole nitrogens is 1. The molecule has 5 nitrogen and oxygen atoms in total. The van der Waals surface area contributed by atoms with Gasteiger partial charge < -0.3 is 10.3 Å². The predicted octanol–water partition coefficient (Wildman–Crippen LogP) is 4.31. The van der Waals surface area contributed by atoms with Crippen molar-refractivity contribution >= 4 is 29.0 Å². The van der Waals surface area contributed by atoms with Crippen LogP contribution in [0.25, 0.3) is 10.9 Å². The molecule has 2 N–H and O–H groups in total. The molecule has 1 saturated carbocycles. The van der Waals surface area contributed by atoms with Crippen molar-refractivity contribution in [3.63, 3.8) is 0 Å². The van der Waals surface area contributed by atoms with E-state index in [0.717, 1.165) is 32.1 Å². The van der Waals surface area contributed by atoms with Gasteiger partial charge >= 0.3 is 0 Å². The molecule has 26 heavy (non-hydrogen) atoms. The van der Waals surface area contributed by atoms with Crippen LogP contribution in [0, 0.1) is 4.77 Å². The Morgan fingerprint density at radius 3 is 2.77 bits per heavy atom. The summed E-state index contributed by atoms with van der Waals surface area (Å²) >= 11 is 5.36. The Bertz CT molecular complexity index is 894. The topological polar surface area (TPSA) is 66.9 Å². The number of rotatable bonds is 6. The minimum absolute atomic E-state index is 0.0785. The standard InChI is InChI=1S/C20H27N3O2S/c1-2-3-7-12-23-19(25)16-11-10-14(13-17(16)22-20(23)26)18(24)21-15-8-5-4-6-9-15/h10-11,13,15H,2-9,12H2,1H3,(H,21,24)(H,22,26). The van der Waals surface area contributed by atoms with Crippen molar-refractivity contribution < 1.29 is 4.79 Å². The molecular formula is C20H27N3O2S. The van der Waals surface area contributed by atoms with Crippen LogP contribution in [0.3, 0.4) is 0 Å². The van der Waals surface area contributed by atoms with Crippen LogP contribution in [-0.2, 0) is 6.54 Å². The summed E-state index contributed by atoms with van der Waals surface area (Å²) in [5.74, 6) is -0.0785. The van der Waals surface area contributed by atoms with Crippen LogP contribution < -0.4 is 10.9 Å². The van der Waals surface area contributed by atoms with E-state index in [9.17, 15) is 9.59 Å². The van der Waals surface area contributed by atoms with Crippen molar-refractivity contribution in [3.05, 3.63) is 38.9 Å². The van der Waals surface area contributed by atoms with E-state index in [0.29, 0.717) is 27.8 Å². The van der Waals surface area contributed by atoms with Gasteiger partial charge in [-0.2, -0.15) is 0 Å². The van der Waals surface area contributed by atoms with Crippen LogP contribution in [0.4, 0.5) is 0 Å². The highest BCUT2D eigenvalue weighted by Gasteiger charge is 2.17. The van der Waals surface area contributed by atoms with Crippen LogP contribution in [0.2, 0.25) is 0 Å². The van der Waals surface area contributed by atoms with E-state index < -0.39 is 0 Å². The van der Waals surface area contributed by atoms with E-state index in [1.807, 2.05) is 0 Å². The van der Waals surface area contributed by atoms with Gasteiger partial charge in [-0.25, -0.2) is 0 Å². The lowest BCUT2D eigenvalue weighted by atomic mass is 9.95. The number of hydrogen-bond donors (Lipinski definition) is 2. The second-order valence-corrected chi connectivity index (χ2v) is 7.55. The molecule has 6 heteroatoms. The molecule has 1 aliphatic rings. The maximum absolute atomic E-state index is 12.7. The number of carbonyl (C=O) groups excluding carboxylic acids is 1. The van der Waals surface area contributed by atoms with Gasteiger partial charge in [0.1, 0.15) is 0 Å². The van der Waals surface area contributed by atoms with Gasteiger partial charge in [0.25, 0.3) is 11.5 Å². The van der Waals surface area contributed by atoms with Crippen LogP contribution in [0.5, 0.6) is 0 Å². The molecule has 3 rings (SSSR count). The summed E-state index contributed by atoms with van der Waals surface area (Å²) in [6.45, 7) is 2.76. The van der Waals surface area contributed by atoms with E-state index in [4.69, 9.17) is 12.2 Å². The number of benzene rings is 1. The summed E-state index contributed by atoms with van der Waals surface area (Å²) in [5.41, 5.74) is 1.11. The van der Waals surface area contributed by atoms with Crippen LogP contribution in [0.1, 0.15) is 68.6 Å². The smallest absolute Gasteiger partial charge is 0.262 e. The number of unbranched alkanes of at least 4 members (excludes halogenated alkanes) is 2. The van der Waals surface area contributed by atoms with E-state index in [-0.39, 0.29) is 17.5 Å². The fraction of sp³-hybridized carbons (Fsp3) is 0.550. The largest absolute Gasteiger partial charge is 0.349 e. The quantitative estimate of drug-likeness (QED) is 0.586. The normalized spacial score (nSPS) is 15.3. The van der Waals surface area contributed by atoms with Gasteiger partial charge in [-0.1, -0.05) is 39.0 Å². The summed E-state index contributed by atoms with van der Waals surface area (Å²) in [4.78, 5) is 28.4.